The van der Waals surface area contributed by atoms with Crippen LogP contribution in [0.1, 0.15) is 220 Å². The second-order valence-electron chi connectivity index (χ2n) is 27.0. The minimum Gasteiger partial charge on any atom is -0.481 e. The minimum absolute atomic E-state index is 0. The maximum Gasteiger partial charge on any atom is 0.410 e. The molecular formula is C65H93Cl2N11O11S3. The number of carbonyl (C=O) groups excluding carboxylic acids is 4. The number of hydrogen-bond donors (Lipinski definition) is 4. The first-order chi connectivity index (χ1) is 42.4. The number of amides is 4. The number of thiophene rings is 3. The molecule has 0 bridgehead atoms. The average Bonchev–Trinajstić information content (AvgIpc) is 1.62. The van der Waals surface area contributed by atoms with Gasteiger partial charge in [-0.3, -0.25) is 14.4 Å². The number of ether oxygens (including phenoxy) is 5. The summed E-state index contributed by atoms with van der Waals surface area (Å²) in [5.41, 5.74) is 13.4. The number of hydrogen-bond acceptors (Lipinski definition) is 20. The summed E-state index contributed by atoms with van der Waals surface area (Å²) >= 11 is 5.00. The molecule has 0 aliphatic heterocycles. The van der Waals surface area contributed by atoms with Crippen molar-refractivity contribution in [1.82, 2.24) is 45.9 Å². The van der Waals surface area contributed by atoms with E-state index in [2.05, 4.69) is 36.8 Å². The van der Waals surface area contributed by atoms with E-state index in [9.17, 15) is 29.1 Å². The van der Waals surface area contributed by atoms with E-state index in [0.29, 0.717) is 30.5 Å². The number of halogens is 2. The molecule has 6 heterocycles. The van der Waals surface area contributed by atoms with E-state index in [1.165, 1.54) is 45.8 Å². The summed E-state index contributed by atoms with van der Waals surface area (Å²) in [6.07, 6.45) is 23.4. The van der Waals surface area contributed by atoms with Crippen molar-refractivity contribution in [2.24, 2.45) is 17.4 Å². The van der Waals surface area contributed by atoms with Crippen molar-refractivity contribution in [2.75, 3.05) is 14.1 Å². The van der Waals surface area contributed by atoms with Gasteiger partial charge in [0.15, 0.2) is 0 Å². The predicted molar refractivity (Wildman–Crippen MR) is 363 cm³/mol. The van der Waals surface area contributed by atoms with Crippen LogP contribution in [0.15, 0.2) is 19.0 Å². The van der Waals surface area contributed by atoms with Gasteiger partial charge >= 0.3 is 18.2 Å². The monoisotopic (exact) mass is 1370 g/mol. The third-order valence-corrected chi connectivity index (χ3v) is 21.9. The highest BCUT2D eigenvalue weighted by molar-refractivity contribution is 7.19. The van der Waals surface area contributed by atoms with Gasteiger partial charge in [0, 0.05) is 53.7 Å². The molecule has 6 aromatic rings. The molecule has 3 fully saturated rings. The lowest BCUT2D eigenvalue weighted by Crippen LogP contribution is -2.43. The summed E-state index contributed by atoms with van der Waals surface area (Å²) in [7, 11) is 3.60. The second kappa shape index (κ2) is 31.5. The molecule has 12 rings (SSSR count). The van der Waals surface area contributed by atoms with Crippen LogP contribution in [0.25, 0.3) is 30.6 Å². The Hall–Kier alpha value is -5.99. The highest BCUT2D eigenvalue weighted by Gasteiger charge is 2.38. The van der Waals surface area contributed by atoms with Crippen LogP contribution in [0, 0.1) is 5.92 Å². The van der Waals surface area contributed by atoms with Crippen molar-refractivity contribution in [3.05, 3.63) is 50.3 Å². The molecule has 0 unspecified atom stereocenters. The van der Waals surface area contributed by atoms with E-state index in [0.717, 1.165) is 150 Å². The number of carboxylic acid groups (broad SMARTS) is 1. The van der Waals surface area contributed by atoms with Crippen LogP contribution in [0.4, 0.5) is 9.59 Å². The zero-order valence-corrected chi connectivity index (χ0v) is 58.6. The van der Waals surface area contributed by atoms with Gasteiger partial charge < -0.3 is 56.2 Å². The molecule has 506 valence electrons. The summed E-state index contributed by atoms with van der Waals surface area (Å²) in [5, 5.41) is 12.2. The second-order valence-corrected chi connectivity index (χ2v) is 30.2. The molecule has 0 aromatic carbocycles. The number of rotatable bonds is 15. The highest BCUT2D eigenvalue weighted by Crippen LogP contribution is 2.50. The van der Waals surface area contributed by atoms with E-state index in [-0.39, 0.29) is 110 Å². The largest absolute Gasteiger partial charge is 0.481 e. The molecule has 0 saturated heterocycles. The minimum atomic E-state index is -0.783. The quantitative estimate of drug-likeness (QED) is 0.0742. The summed E-state index contributed by atoms with van der Waals surface area (Å²) in [5.74, 6) is 1.70. The summed E-state index contributed by atoms with van der Waals surface area (Å²) in [6, 6.07) is 0.265. The van der Waals surface area contributed by atoms with Crippen LogP contribution < -0.4 is 31.8 Å². The van der Waals surface area contributed by atoms with Gasteiger partial charge in [-0.1, -0.05) is 13.3 Å². The number of fused-ring (bicyclic) bond motifs is 9. The lowest BCUT2D eigenvalue weighted by atomic mass is 9.86. The van der Waals surface area contributed by atoms with E-state index < -0.39 is 17.2 Å². The van der Waals surface area contributed by atoms with Gasteiger partial charge in [-0.05, 0) is 197 Å². The van der Waals surface area contributed by atoms with Gasteiger partial charge in [-0.15, -0.1) is 58.8 Å². The highest BCUT2D eigenvalue weighted by atomic mass is 35.5. The summed E-state index contributed by atoms with van der Waals surface area (Å²) in [4.78, 5) is 95.7. The van der Waals surface area contributed by atoms with Crippen molar-refractivity contribution in [1.29, 1.82) is 0 Å². The van der Waals surface area contributed by atoms with Crippen molar-refractivity contribution in [3.8, 4) is 17.6 Å². The molecule has 6 aromatic heterocycles. The molecule has 4 amide bonds. The molecule has 27 heteroatoms. The Morgan fingerprint density at radius 2 is 0.804 bits per heavy atom. The van der Waals surface area contributed by atoms with Crippen LogP contribution in [0.2, 0.25) is 0 Å². The number of carboxylic acids is 1. The molecule has 92 heavy (non-hydrogen) atoms. The third kappa shape index (κ3) is 17.7. The van der Waals surface area contributed by atoms with Gasteiger partial charge in [0.2, 0.25) is 29.5 Å². The van der Waals surface area contributed by atoms with Gasteiger partial charge in [-0.2, -0.15) is 0 Å². The fraction of sp³-hybridized carbons (Fsp3) is 0.646. The molecule has 22 nitrogen and oxygen atoms in total. The molecule has 0 radical (unpaired) electrons. The maximum atomic E-state index is 12.4. The predicted octanol–water partition coefficient (Wildman–Crippen LogP) is 13.9. The van der Waals surface area contributed by atoms with E-state index in [4.69, 9.17) is 35.2 Å². The van der Waals surface area contributed by atoms with Crippen LogP contribution >= 0.6 is 58.8 Å². The number of aliphatic carboxylic acids is 1. The lowest BCUT2D eigenvalue weighted by Gasteiger charge is -2.35. The van der Waals surface area contributed by atoms with Crippen LogP contribution in [-0.2, 0) is 43.1 Å². The Kier molecular flexibility index (Phi) is 25.1. The van der Waals surface area contributed by atoms with Gasteiger partial charge in [0.05, 0.1) is 22.6 Å². The summed E-state index contributed by atoms with van der Waals surface area (Å²) < 4.78 is 30.1. The third-order valence-electron chi connectivity index (χ3n) is 18.4. The normalized spacial score (nSPS) is 23.1. The first kappa shape index (κ1) is 73.4. The van der Waals surface area contributed by atoms with E-state index in [1.807, 2.05) is 41.5 Å². The Balaban J connectivity index is 0.000000194. The van der Waals surface area contributed by atoms with Crippen LogP contribution in [0.3, 0.4) is 0 Å². The average molecular weight is 1370 g/mol. The first-order valence-electron chi connectivity index (χ1n) is 31.9. The number of primary amides is 2. The molecule has 6 aliphatic carbocycles. The smallest absolute Gasteiger partial charge is 0.410 e. The van der Waals surface area contributed by atoms with Gasteiger partial charge in [-0.25, -0.2) is 39.5 Å². The molecule has 3 saturated carbocycles. The molecular weight excluding hydrogens is 1280 g/mol. The van der Waals surface area contributed by atoms with Gasteiger partial charge in [0.25, 0.3) is 0 Å². The van der Waals surface area contributed by atoms with Crippen molar-refractivity contribution >= 4 is 119 Å². The van der Waals surface area contributed by atoms with Gasteiger partial charge in [0.1, 0.15) is 63.0 Å². The number of carbonyl (C=O) groups is 5. The first-order valence-corrected chi connectivity index (χ1v) is 34.3. The molecule has 3 atom stereocenters. The number of aryl methyl sites for hydroxylation is 3. The van der Waals surface area contributed by atoms with Crippen molar-refractivity contribution < 1.29 is 52.8 Å². The number of nitrogens with zero attached hydrogens (tertiary/aromatic N) is 8. The lowest BCUT2D eigenvalue weighted by molar-refractivity contribution is -0.137. The Morgan fingerprint density at radius 3 is 1.09 bits per heavy atom. The van der Waals surface area contributed by atoms with Crippen LogP contribution in [-0.4, -0.2) is 130 Å². The standard InChI is InChI=1S/C23H32N4O4S.C23H31N3O5S.C19H25N3O2S.2ClH.H3N/c1-23(2,3)31-22(29)27(4)14-6-8-15(9-7-14)30-20-19-18-13(11-17(24)28)5-10-16(18)32-21(19)26-12-25-20;1-23(2,3)31-22(29)26(4)14-6-8-15(9-7-14)30-20-19-18-13(11-17(27)28)5-10-16(18)32-21(19)25-12-24-20;1-2-11-3-6-13(7-4-11)24-18-17-16-12(9-15(20)23)5-8-14(16)25-19(17)22-10-21-18;;;/h12-15H,5-11H2,1-4H3,(H2,24,28);12-15H,5-11H2,1-4H3,(H,27,28);10-13H,2-9H2,1H3,(H2,20,23);2*1H;1H3/t2*13-,14?,15?;11?,12-,13?;;;/m111.../s1. The summed E-state index contributed by atoms with van der Waals surface area (Å²) in [6.45, 7) is 13.5. The number of nitrogens with two attached hydrogens (primary N) is 2. The topological polar surface area (TPSA) is 323 Å². The maximum absolute atomic E-state index is 12.4. The fourth-order valence-corrected chi connectivity index (χ4v) is 17.6. The van der Waals surface area contributed by atoms with Crippen LogP contribution in [0.5, 0.6) is 17.6 Å². The number of aromatic nitrogens is 6. The molecule has 0 spiro atoms. The SMILES string of the molecule is CCC1CCC(Oc2ncnc3sc4c(c23)[C@@H](CC(N)=O)CC4)CC1.CN(C(=O)OC(C)(C)C)C1CCC(Oc2ncnc3sc4c(c23)[C@@H](CC(=O)O)CC4)CC1.CN(C(=O)OC(C)(C)C)C1CCC(Oc2ncnc3sc4c(c23)[C@@H](CC(N)=O)CC4)CC1.Cl.Cl.N. The zero-order chi connectivity index (χ0) is 63.5. The molecule has 6 aliphatic rings. The van der Waals surface area contributed by atoms with E-state index >= 15 is 0 Å². The van der Waals surface area contributed by atoms with E-state index in [1.54, 1.807) is 70.6 Å². The fourth-order valence-electron chi connectivity index (χ4n) is 13.9. The van der Waals surface area contributed by atoms with Crippen molar-refractivity contribution in [3.63, 3.8) is 0 Å². The Bertz CT molecular complexity index is 3370. The zero-order valence-electron chi connectivity index (χ0n) is 54.5. The Labute approximate surface area is 563 Å². The van der Waals surface area contributed by atoms with Crippen molar-refractivity contribution in [2.45, 2.75) is 249 Å². The molecule has 8 N–H and O–H groups in total. The Morgan fingerprint density at radius 1 is 0.500 bits per heavy atom.